The summed E-state index contributed by atoms with van der Waals surface area (Å²) in [6.07, 6.45) is 0.793. The largest absolute Gasteiger partial charge is 0.480 e. The summed E-state index contributed by atoms with van der Waals surface area (Å²) in [7, 11) is 0. The topological polar surface area (TPSA) is 69.6 Å². The molecule has 2 atom stereocenters. The molecular formula is C14H17ClN2O3. The highest BCUT2D eigenvalue weighted by atomic mass is 35.5. The van der Waals surface area contributed by atoms with Crippen LogP contribution in [0, 0.1) is 5.92 Å². The minimum atomic E-state index is -0.870. The summed E-state index contributed by atoms with van der Waals surface area (Å²) in [5, 5.41) is 12.5. The first kappa shape index (κ1) is 14.8. The maximum atomic E-state index is 12.0. The number of benzene rings is 1. The molecule has 1 aliphatic heterocycles. The number of halogens is 1. The molecule has 1 aromatic rings. The number of anilines is 1. The van der Waals surface area contributed by atoms with Gasteiger partial charge in [-0.15, -0.1) is 0 Å². The molecule has 2 unspecified atom stereocenters. The first-order valence-electron chi connectivity index (χ1n) is 6.49. The van der Waals surface area contributed by atoms with E-state index >= 15 is 0 Å². The lowest BCUT2D eigenvalue weighted by molar-refractivity contribution is -0.143. The fraction of sp³-hybridized carbons (Fsp3) is 0.429. The second-order valence-corrected chi connectivity index (χ2v) is 5.51. The lowest BCUT2D eigenvalue weighted by atomic mass is 10.0. The summed E-state index contributed by atoms with van der Waals surface area (Å²) < 4.78 is 0. The van der Waals surface area contributed by atoms with Gasteiger partial charge in [0.2, 0.25) is 5.91 Å². The number of amides is 1. The molecule has 6 heteroatoms. The lowest BCUT2D eigenvalue weighted by Gasteiger charge is -2.22. The summed E-state index contributed by atoms with van der Waals surface area (Å²) in [6, 6.07) is 6.28. The van der Waals surface area contributed by atoms with Crippen molar-refractivity contribution in [3.63, 3.8) is 0 Å². The second-order valence-electron chi connectivity index (χ2n) is 5.08. The van der Waals surface area contributed by atoms with Crippen molar-refractivity contribution < 1.29 is 14.7 Å². The molecule has 0 saturated carbocycles. The van der Waals surface area contributed by atoms with Gasteiger partial charge in [-0.05, 0) is 37.1 Å². The maximum absolute atomic E-state index is 12.0. The Bertz CT molecular complexity index is 521. The molecule has 2 N–H and O–H groups in total. The van der Waals surface area contributed by atoms with Gasteiger partial charge in [0, 0.05) is 10.7 Å². The summed E-state index contributed by atoms with van der Waals surface area (Å²) in [4.78, 5) is 24.9. The van der Waals surface area contributed by atoms with Gasteiger partial charge in [-0.3, -0.25) is 14.5 Å². The standard InChI is InChI=1S/C14H17ClN2O3/c1-9-5-6-17(13(9)14(19)20)8-12(18)16-11-4-2-3-10(15)7-11/h2-4,7,9,13H,5-6,8H2,1H3,(H,16,18)(H,19,20). The van der Waals surface area contributed by atoms with E-state index in [2.05, 4.69) is 5.32 Å². The zero-order valence-corrected chi connectivity index (χ0v) is 11.9. The third-order valence-electron chi connectivity index (χ3n) is 3.51. The number of hydrogen-bond acceptors (Lipinski definition) is 3. The molecule has 0 spiro atoms. The average molecular weight is 297 g/mol. The molecular weight excluding hydrogens is 280 g/mol. The van der Waals surface area contributed by atoms with E-state index < -0.39 is 12.0 Å². The molecule has 0 radical (unpaired) electrons. The fourth-order valence-electron chi connectivity index (χ4n) is 2.55. The summed E-state index contributed by atoms with van der Waals surface area (Å²) >= 11 is 5.84. The highest BCUT2D eigenvalue weighted by Crippen LogP contribution is 2.24. The van der Waals surface area contributed by atoms with Crippen molar-refractivity contribution in [3.8, 4) is 0 Å². The van der Waals surface area contributed by atoms with E-state index in [0.717, 1.165) is 6.42 Å². The zero-order valence-electron chi connectivity index (χ0n) is 11.2. The lowest BCUT2D eigenvalue weighted by Crippen LogP contribution is -2.43. The van der Waals surface area contributed by atoms with Gasteiger partial charge in [-0.25, -0.2) is 0 Å². The van der Waals surface area contributed by atoms with Crippen LogP contribution in [-0.2, 0) is 9.59 Å². The van der Waals surface area contributed by atoms with Gasteiger partial charge in [0.15, 0.2) is 0 Å². The molecule has 0 aromatic heterocycles. The molecule has 1 aliphatic rings. The van der Waals surface area contributed by atoms with Crippen molar-refractivity contribution in [2.24, 2.45) is 5.92 Å². The molecule has 1 fully saturated rings. The van der Waals surface area contributed by atoms with E-state index in [4.69, 9.17) is 11.6 Å². The third kappa shape index (κ3) is 3.49. The quantitative estimate of drug-likeness (QED) is 0.892. The predicted molar refractivity (Wildman–Crippen MR) is 76.9 cm³/mol. The van der Waals surface area contributed by atoms with Crippen LogP contribution in [0.3, 0.4) is 0 Å². The van der Waals surface area contributed by atoms with Crippen LogP contribution in [0.4, 0.5) is 5.69 Å². The Balaban J connectivity index is 1.96. The van der Waals surface area contributed by atoms with Crippen LogP contribution in [0.25, 0.3) is 0 Å². The van der Waals surface area contributed by atoms with Gasteiger partial charge < -0.3 is 10.4 Å². The molecule has 1 aromatic carbocycles. The SMILES string of the molecule is CC1CCN(CC(=O)Nc2cccc(Cl)c2)C1C(=O)O. The Hall–Kier alpha value is -1.59. The highest BCUT2D eigenvalue weighted by molar-refractivity contribution is 6.30. The maximum Gasteiger partial charge on any atom is 0.321 e. The van der Waals surface area contributed by atoms with Gasteiger partial charge in [-0.1, -0.05) is 24.6 Å². The molecule has 1 heterocycles. The monoisotopic (exact) mass is 296 g/mol. The Morgan fingerprint density at radius 3 is 2.90 bits per heavy atom. The van der Waals surface area contributed by atoms with Crippen molar-refractivity contribution in [3.05, 3.63) is 29.3 Å². The Kier molecular flexibility index (Phi) is 4.62. The van der Waals surface area contributed by atoms with Crippen molar-refractivity contribution in [1.29, 1.82) is 0 Å². The summed E-state index contributed by atoms with van der Waals surface area (Å²) in [5.41, 5.74) is 0.613. The van der Waals surface area contributed by atoms with E-state index in [1.807, 2.05) is 6.92 Å². The van der Waals surface area contributed by atoms with Crippen molar-refractivity contribution in [1.82, 2.24) is 4.90 Å². The van der Waals surface area contributed by atoms with E-state index in [9.17, 15) is 14.7 Å². The number of carbonyl (C=O) groups is 2. The number of likely N-dealkylation sites (tertiary alicyclic amines) is 1. The minimum absolute atomic E-state index is 0.0615. The van der Waals surface area contributed by atoms with Crippen LogP contribution in [0.5, 0.6) is 0 Å². The number of nitrogens with one attached hydrogen (secondary N) is 1. The number of nitrogens with zero attached hydrogens (tertiary/aromatic N) is 1. The van der Waals surface area contributed by atoms with Gasteiger partial charge in [0.25, 0.3) is 0 Å². The normalized spacial score (nSPS) is 22.7. The predicted octanol–water partition coefficient (Wildman–Crippen LogP) is 2.07. The molecule has 20 heavy (non-hydrogen) atoms. The summed E-state index contributed by atoms with van der Waals surface area (Å²) in [5.74, 6) is -1.04. The second kappa shape index (κ2) is 6.24. The van der Waals surface area contributed by atoms with Crippen LogP contribution < -0.4 is 5.32 Å². The van der Waals surface area contributed by atoms with E-state index in [-0.39, 0.29) is 18.4 Å². The first-order chi connectivity index (χ1) is 9.47. The van der Waals surface area contributed by atoms with Crippen molar-refractivity contribution >= 4 is 29.2 Å². The number of rotatable bonds is 4. The number of carboxylic acids is 1. The van der Waals surface area contributed by atoms with Gasteiger partial charge in [-0.2, -0.15) is 0 Å². The summed E-state index contributed by atoms with van der Waals surface area (Å²) in [6.45, 7) is 2.60. The molecule has 1 saturated heterocycles. The van der Waals surface area contributed by atoms with Crippen LogP contribution in [-0.4, -0.2) is 41.0 Å². The molecule has 0 aliphatic carbocycles. The van der Waals surface area contributed by atoms with Gasteiger partial charge in [0.1, 0.15) is 6.04 Å². The minimum Gasteiger partial charge on any atom is -0.480 e. The van der Waals surface area contributed by atoms with Crippen molar-refractivity contribution in [2.75, 3.05) is 18.4 Å². The third-order valence-corrected chi connectivity index (χ3v) is 3.75. The van der Waals surface area contributed by atoms with Gasteiger partial charge in [0.05, 0.1) is 6.54 Å². The number of hydrogen-bond donors (Lipinski definition) is 2. The smallest absolute Gasteiger partial charge is 0.321 e. The Labute approximate surface area is 122 Å². The van der Waals surface area contributed by atoms with E-state index in [0.29, 0.717) is 17.3 Å². The fourth-order valence-corrected chi connectivity index (χ4v) is 2.74. The first-order valence-corrected chi connectivity index (χ1v) is 6.87. The Morgan fingerprint density at radius 2 is 2.25 bits per heavy atom. The van der Waals surface area contributed by atoms with E-state index in [1.165, 1.54) is 0 Å². The number of carboxylic acid groups (broad SMARTS) is 1. The molecule has 5 nitrogen and oxygen atoms in total. The zero-order chi connectivity index (χ0) is 14.7. The van der Waals surface area contributed by atoms with Crippen LogP contribution in [0.2, 0.25) is 5.02 Å². The number of carbonyl (C=O) groups excluding carboxylic acids is 1. The van der Waals surface area contributed by atoms with Crippen molar-refractivity contribution in [2.45, 2.75) is 19.4 Å². The molecule has 2 rings (SSSR count). The molecule has 0 bridgehead atoms. The van der Waals surface area contributed by atoms with Gasteiger partial charge >= 0.3 is 5.97 Å². The van der Waals surface area contributed by atoms with Crippen LogP contribution in [0.15, 0.2) is 24.3 Å². The molecule has 108 valence electrons. The van der Waals surface area contributed by atoms with Crippen LogP contribution >= 0.6 is 11.6 Å². The number of aliphatic carboxylic acids is 1. The highest BCUT2D eigenvalue weighted by Gasteiger charge is 2.37. The molecule has 1 amide bonds. The Morgan fingerprint density at radius 1 is 1.50 bits per heavy atom. The average Bonchev–Trinajstić information content (AvgIpc) is 2.70. The van der Waals surface area contributed by atoms with Crippen LogP contribution in [0.1, 0.15) is 13.3 Å². The van der Waals surface area contributed by atoms with E-state index in [1.54, 1.807) is 29.2 Å².